The summed E-state index contributed by atoms with van der Waals surface area (Å²) in [5.41, 5.74) is 3.96. The minimum absolute atomic E-state index is 0.0781. The molecule has 1 saturated heterocycles. The van der Waals surface area contributed by atoms with Crippen molar-refractivity contribution in [3.05, 3.63) is 29.5 Å². The summed E-state index contributed by atoms with van der Waals surface area (Å²) in [7, 11) is 1.67. The maximum absolute atomic E-state index is 15.5. The van der Waals surface area contributed by atoms with Crippen molar-refractivity contribution in [2.45, 2.75) is 51.4 Å². The lowest BCUT2D eigenvalue weighted by Crippen LogP contribution is -2.41. The molecule has 28 heavy (non-hydrogen) atoms. The van der Waals surface area contributed by atoms with Gasteiger partial charge in [0.1, 0.15) is 11.8 Å². The molecule has 0 bridgehead atoms. The zero-order valence-electron chi connectivity index (χ0n) is 17.0. The van der Waals surface area contributed by atoms with E-state index in [1.807, 2.05) is 0 Å². The van der Waals surface area contributed by atoms with E-state index in [4.69, 9.17) is 24.5 Å². The van der Waals surface area contributed by atoms with Gasteiger partial charge in [0.15, 0.2) is 11.5 Å². The van der Waals surface area contributed by atoms with Crippen LogP contribution in [0.3, 0.4) is 0 Å². The van der Waals surface area contributed by atoms with Crippen LogP contribution < -0.4 is 15.2 Å². The Hall–Kier alpha value is -2.10. The zero-order chi connectivity index (χ0) is 21.3. The average Bonchev–Trinajstić information content (AvgIpc) is 2.85. The van der Waals surface area contributed by atoms with Gasteiger partial charge in [0.2, 0.25) is 0 Å². The van der Waals surface area contributed by atoms with Gasteiger partial charge in [-0.25, -0.2) is 4.39 Å². The fraction of sp³-hybridized carbons (Fsp3) is 0.526. The number of carboxylic acids is 1. The smallest absolute Gasteiger partial charge is 0.493 e. The van der Waals surface area contributed by atoms with Crippen molar-refractivity contribution in [1.82, 2.24) is 0 Å². The minimum Gasteiger partial charge on any atom is -0.493 e. The van der Waals surface area contributed by atoms with Gasteiger partial charge in [0.25, 0.3) is 0 Å². The van der Waals surface area contributed by atoms with Gasteiger partial charge in [-0.05, 0) is 51.0 Å². The Morgan fingerprint density at radius 2 is 1.71 bits per heavy atom. The van der Waals surface area contributed by atoms with E-state index in [0.717, 1.165) is 0 Å². The number of hydrogen-bond acceptors (Lipinski definition) is 6. The van der Waals surface area contributed by atoms with Crippen LogP contribution in [0.25, 0.3) is 5.57 Å². The fourth-order valence-corrected chi connectivity index (χ4v) is 2.77. The van der Waals surface area contributed by atoms with Crippen molar-refractivity contribution in [2.24, 2.45) is 5.73 Å². The van der Waals surface area contributed by atoms with Crippen LogP contribution in [0.2, 0.25) is 0 Å². The Bertz CT molecular complexity index is 764. The molecule has 0 spiro atoms. The third kappa shape index (κ3) is 4.32. The second-order valence-corrected chi connectivity index (χ2v) is 7.63. The van der Waals surface area contributed by atoms with E-state index >= 15 is 4.39 Å². The highest BCUT2D eigenvalue weighted by atomic mass is 19.1. The first kappa shape index (κ1) is 22.2. The largest absolute Gasteiger partial charge is 0.525 e. The van der Waals surface area contributed by atoms with Gasteiger partial charge in [0.05, 0.1) is 25.4 Å². The molecule has 1 aromatic carbocycles. The van der Waals surface area contributed by atoms with E-state index in [0.29, 0.717) is 17.1 Å². The lowest BCUT2D eigenvalue weighted by atomic mass is 9.81. The predicted molar refractivity (Wildman–Crippen MR) is 104 cm³/mol. The maximum Gasteiger partial charge on any atom is 0.525 e. The highest BCUT2D eigenvalue weighted by Gasteiger charge is 2.53. The van der Waals surface area contributed by atoms with Crippen LogP contribution in [0.5, 0.6) is 11.5 Å². The molecule has 3 N–H and O–H groups in total. The summed E-state index contributed by atoms with van der Waals surface area (Å²) in [4.78, 5) is 11.3. The summed E-state index contributed by atoms with van der Waals surface area (Å²) < 4.78 is 37.5. The molecule has 1 aromatic rings. The number of ether oxygens (including phenoxy) is 2. The van der Waals surface area contributed by atoms with Gasteiger partial charge in [-0.1, -0.05) is 6.07 Å². The highest BCUT2D eigenvalue weighted by molar-refractivity contribution is 6.55. The van der Waals surface area contributed by atoms with Crippen LogP contribution in [-0.4, -0.2) is 49.7 Å². The number of carboxylic acid groups (broad SMARTS) is 1. The Morgan fingerprint density at radius 1 is 1.18 bits per heavy atom. The summed E-state index contributed by atoms with van der Waals surface area (Å²) in [6, 6.07) is 3.48. The van der Waals surface area contributed by atoms with Gasteiger partial charge in [-0.2, -0.15) is 0 Å². The number of aliphatic carboxylic acids is 1. The van der Waals surface area contributed by atoms with E-state index in [1.54, 1.807) is 45.9 Å². The summed E-state index contributed by atoms with van der Waals surface area (Å²) in [6.45, 7) is 7.22. The summed E-state index contributed by atoms with van der Waals surface area (Å²) in [5, 5.41) is 9.20. The van der Waals surface area contributed by atoms with Gasteiger partial charge in [-0.3, -0.25) is 4.79 Å². The van der Waals surface area contributed by atoms with Crippen LogP contribution in [0.15, 0.2) is 23.9 Å². The molecule has 0 aromatic heterocycles. The van der Waals surface area contributed by atoms with E-state index in [2.05, 4.69) is 0 Å². The van der Waals surface area contributed by atoms with Crippen LogP contribution >= 0.6 is 0 Å². The average molecular weight is 395 g/mol. The quantitative estimate of drug-likeness (QED) is 0.685. The molecule has 0 saturated carbocycles. The molecule has 1 aliphatic heterocycles. The number of halogens is 1. The molecule has 2 rings (SSSR count). The molecule has 154 valence electrons. The molecule has 1 aliphatic rings. The zero-order valence-corrected chi connectivity index (χ0v) is 17.0. The van der Waals surface area contributed by atoms with Gasteiger partial charge in [-0.15, -0.1) is 0 Å². The number of carbonyl (C=O) groups is 1. The van der Waals surface area contributed by atoms with Crippen molar-refractivity contribution < 1.29 is 33.1 Å². The molecule has 0 amide bonds. The Labute approximate surface area is 164 Å². The van der Waals surface area contributed by atoms with Crippen molar-refractivity contribution in [3.8, 4) is 11.5 Å². The molecule has 0 radical (unpaired) electrons. The number of benzene rings is 1. The normalized spacial score (nSPS) is 19.8. The number of methoxy groups -OCH3 is 2. The topological polar surface area (TPSA) is 100 Å². The van der Waals surface area contributed by atoms with Crippen LogP contribution in [0.1, 0.15) is 39.7 Å². The molecular weight excluding hydrogens is 368 g/mol. The lowest BCUT2D eigenvalue weighted by Gasteiger charge is -2.32. The third-order valence-corrected chi connectivity index (χ3v) is 5.22. The van der Waals surface area contributed by atoms with Crippen molar-refractivity contribution >= 4 is 18.7 Å². The van der Waals surface area contributed by atoms with E-state index in [9.17, 15) is 9.90 Å². The Balaban J connectivity index is 2.53. The molecule has 1 fully saturated rings. The Morgan fingerprint density at radius 3 is 2.18 bits per heavy atom. The molecular formula is C19H27BFNO6. The van der Waals surface area contributed by atoms with Gasteiger partial charge >= 0.3 is 13.1 Å². The fourth-order valence-electron chi connectivity index (χ4n) is 2.77. The van der Waals surface area contributed by atoms with Gasteiger partial charge < -0.3 is 29.6 Å². The first-order chi connectivity index (χ1) is 12.9. The third-order valence-electron chi connectivity index (χ3n) is 5.22. The van der Waals surface area contributed by atoms with Gasteiger partial charge in [0, 0.05) is 6.42 Å². The molecule has 7 nitrogen and oxygen atoms in total. The molecule has 0 aliphatic carbocycles. The standard InChI is InChI=1S/C19H27BFNO6/c1-18(2)19(3,4)28-20(27-18)16(21)12(10-13(22)17(23)24)11-7-8-14(25-5)15(9-11)26-6/h7-9,13H,10,22H2,1-6H3,(H,23,24). The van der Waals surface area contributed by atoms with Crippen molar-refractivity contribution in [2.75, 3.05) is 14.2 Å². The van der Waals surface area contributed by atoms with Crippen LogP contribution in [0, 0.1) is 0 Å². The number of nitrogens with two attached hydrogens (primary N) is 1. The SMILES string of the molecule is COc1ccc(C(CC(N)C(=O)O)=C(F)B2OC(C)(C)C(C)(C)O2)cc1OC. The molecule has 1 atom stereocenters. The van der Waals surface area contributed by atoms with E-state index in [-0.39, 0.29) is 12.0 Å². The monoisotopic (exact) mass is 395 g/mol. The predicted octanol–water partition coefficient (Wildman–Crippen LogP) is 2.82. The molecule has 1 unspecified atom stereocenters. The first-order valence-corrected chi connectivity index (χ1v) is 8.88. The second-order valence-electron chi connectivity index (χ2n) is 7.63. The lowest BCUT2D eigenvalue weighted by molar-refractivity contribution is -0.138. The second kappa shape index (κ2) is 8.10. The minimum atomic E-state index is -1.30. The Kier molecular flexibility index (Phi) is 6.42. The molecule has 9 heteroatoms. The summed E-state index contributed by atoms with van der Waals surface area (Å²) in [5.74, 6) is -0.396. The number of hydrogen-bond donors (Lipinski definition) is 2. The summed E-state index contributed by atoms with van der Waals surface area (Å²) >= 11 is 0. The summed E-state index contributed by atoms with van der Waals surface area (Å²) in [6.07, 6.45) is -0.249. The van der Waals surface area contributed by atoms with E-state index < -0.39 is 36.1 Å². The molecule has 1 heterocycles. The van der Waals surface area contributed by atoms with E-state index in [1.165, 1.54) is 14.2 Å². The van der Waals surface area contributed by atoms with Crippen LogP contribution in [-0.2, 0) is 14.1 Å². The van der Waals surface area contributed by atoms with Crippen LogP contribution in [0.4, 0.5) is 4.39 Å². The van der Waals surface area contributed by atoms with Crippen molar-refractivity contribution in [3.63, 3.8) is 0 Å². The number of rotatable bonds is 7. The highest BCUT2D eigenvalue weighted by Crippen LogP contribution is 2.41. The van der Waals surface area contributed by atoms with Crippen molar-refractivity contribution in [1.29, 1.82) is 0 Å². The maximum atomic E-state index is 15.5. The first-order valence-electron chi connectivity index (χ1n) is 8.88.